The summed E-state index contributed by atoms with van der Waals surface area (Å²) in [5.74, 6) is 0.481. The van der Waals surface area contributed by atoms with Crippen molar-refractivity contribution in [1.29, 1.82) is 0 Å². The summed E-state index contributed by atoms with van der Waals surface area (Å²) in [7, 11) is -3.78. The molecule has 0 unspecified atom stereocenters. The number of aromatic nitrogens is 4. The van der Waals surface area contributed by atoms with E-state index in [1.807, 2.05) is 19.9 Å². The molecule has 0 bridgehead atoms. The van der Waals surface area contributed by atoms with Crippen molar-refractivity contribution in [2.75, 3.05) is 6.54 Å². The van der Waals surface area contributed by atoms with E-state index in [1.54, 1.807) is 22.9 Å². The summed E-state index contributed by atoms with van der Waals surface area (Å²) >= 11 is 5.94. The molecule has 2 aromatic heterocycles. The lowest BCUT2D eigenvalue weighted by Crippen LogP contribution is -2.32. The summed E-state index contributed by atoms with van der Waals surface area (Å²) in [6.45, 7) is 3.80. The van der Waals surface area contributed by atoms with Crippen molar-refractivity contribution >= 4 is 21.6 Å². The van der Waals surface area contributed by atoms with Crippen molar-refractivity contribution in [1.82, 2.24) is 24.3 Å². The van der Waals surface area contributed by atoms with Gasteiger partial charge in [-0.15, -0.1) is 5.10 Å². The van der Waals surface area contributed by atoms with Gasteiger partial charge in [0.05, 0.1) is 17.3 Å². The fourth-order valence-electron chi connectivity index (χ4n) is 2.60. The molecule has 0 fully saturated rings. The Kier molecular flexibility index (Phi) is 5.45. The van der Waals surface area contributed by atoms with Gasteiger partial charge < -0.3 is 0 Å². The summed E-state index contributed by atoms with van der Waals surface area (Å²) in [6, 6.07) is 11.0. The highest BCUT2D eigenvalue weighted by Gasteiger charge is 2.17. The molecule has 0 amide bonds. The second-order valence-electron chi connectivity index (χ2n) is 5.92. The predicted octanol–water partition coefficient (Wildman–Crippen LogP) is 1.68. The monoisotopic (exact) mass is 407 g/mol. The van der Waals surface area contributed by atoms with Crippen LogP contribution in [0.2, 0.25) is 5.02 Å². The van der Waals surface area contributed by atoms with Crippen LogP contribution in [0.5, 0.6) is 0 Å². The SMILES string of the molecule is Cc1cc(C)n(-c2ccc(=O)n(CCNS(=O)(=O)c3ccccc3Cl)n2)n1. The number of halogens is 1. The van der Waals surface area contributed by atoms with Crippen LogP contribution in [-0.4, -0.2) is 34.5 Å². The van der Waals surface area contributed by atoms with Gasteiger partial charge in [0, 0.05) is 18.3 Å². The van der Waals surface area contributed by atoms with Crippen LogP contribution < -0.4 is 10.3 Å². The molecular weight excluding hydrogens is 390 g/mol. The highest BCUT2D eigenvalue weighted by atomic mass is 35.5. The third-order valence-corrected chi connectivity index (χ3v) is 5.78. The molecule has 3 rings (SSSR count). The lowest BCUT2D eigenvalue weighted by molar-refractivity contribution is 0.541. The maximum absolute atomic E-state index is 12.3. The molecule has 1 aromatic carbocycles. The van der Waals surface area contributed by atoms with Crippen molar-refractivity contribution in [3.63, 3.8) is 0 Å². The lowest BCUT2D eigenvalue weighted by atomic mass is 10.4. The van der Waals surface area contributed by atoms with Gasteiger partial charge in [-0.2, -0.15) is 5.10 Å². The zero-order chi connectivity index (χ0) is 19.6. The average molecular weight is 408 g/mol. The summed E-state index contributed by atoms with van der Waals surface area (Å²) < 4.78 is 29.9. The minimum Gasteiger partial charge on any atom is -0.268 e. The molecule has 10 heteroatoms. The summed E-state index contributed by atoms with van der Waals surface area (Å²) in [5, 5.41) is 8.73. The van der Waals surface area contributed by atoms with Gasteiger partial charge in [-0.25, -0.2) is 22.5 Å². The van der Waals surface area contributed by atoms with Crippen LogP contribution in [0, 0.1) is 13.8 Å². The molecule has 27 heavy (non-hydrogen) atoms. The standard InChI is InChI=1S/C17H18ClN5O3S/c1-12-11-13(2)23(20-12)16-7-8-17(24)22(21-16)10-9-19-27(25,26)15-6-4-3-5-14(15)18/h3-8,11,19H,9-10H2,1-2H3. The maximum Gasteiger partial charge on any atom is 0.266 e. The van der Waals surface area contributed by atoms with Crippen LogP contribution in [0.1, 0.15) is 11.4 Å². The van der Waals surface area contributed by atoms with E-state index in [0.29, 0.717) is 5.82 Å². The molecule has 0 aliphatic rings. The van der Waals surface area contributed by atoms with Crippen LogP contribution in [-0.2, 0) is 16.6 Å². The van der Waals surface area contributed by atoms with Crippen LogP contribution >= 0.6 is 11.6 Å². The Morgan fingerprint density at radius 1 is 1.11 bits per heavy atom. The molecular formula is C17H18ClN5O3S. The van der Waals surface area contributed by atoms with E-state index in [-0.39, 0.29) is 28.6 Å². The average Bonchev–Trinajstić information content (AvgIpc) is 2.95. The van der Waals surface area contributed by atoms with Crippen molar-refractivity contribution in [3.8, 4) is 5.82 Å². The molecule has 3 aromatic rings. The molecule has 2 heterocycles. The molecule has 142 valence electrons. The molecule has 0 atom stereocenters. The Hall–Kier alpha value is -2.49. The number of benzene rings is 1. The Morgan fingerprint density at radius 3 is 2.52 bits per heavy atom. The van der Waals surface area contributed by atoms with Crippen LogP contribution in [0.15, 0.2) is 52.2 Å². The second kappa shape index (κ2) is 7.63. The summed E-state index contributed by atoms with van der Waals surface area (Å²) in [6.07, 6.45) is 0. The highest BCUT2D eigenvalue weighted by Crippen LogP contribution is 2.19. The third-order valence-electron chi connectivity index (χ3n) is 3.82. The fourth-order valence-corrected chi connectivity index (χ4v) is 4.14. The minimum atomic E-state index is -3.78. The molecule has 0 spiro atoms. The smallest absolute Gasteiger partial charge is 0.266 e. The number of rotatable bonds is 6. The quantitative estimate of drug-likeness (QED) is 0.670. The van der Waals surface area contributed by atoms with E-state index in [1.165, 1.54) is 22.9 Å². The minimum absolute atomic E-state index is 0.0108. The summed E-state index contributed by atoms with van der Waals surface area (Å²) in [5.41, 5.74) is 1.38. The fraction of sp³-hybridized carbons (Fsp3) is 0.235. The number of aryl methyl sites for hydroxylation is 2. The molecule has 0 aliphatic carbocycles. The molecule has 0 saturated carbocycles. The van der Waals surface area contributed by atoms with Crippen LogP contribution in [0.25, 0.3) is 5.82 Å². The topological polar surface area (TPSA) is 98.9 Å². The first kappa shape index (κ1) is 19.3. The molecule has 0 radical (unpaired) electrons. The van der Waals surface area contributed by atoms with E-state index in [4.69, 9.17) is 11.6 Å². The van der Waals surface area contributed by atoms with Crippen molar-refractivity contribution in [3.05, 3.63) is 69.2 Å². The van der Waals surface area contributed by atoms with Gasteiger partial charge >= 0.3 is 0 Å². The van der Waals surface area contributed by atoms with Crippen LogP contribution in [0.3, 0.4) is 0 Å². The maximum atomic E-state index is 12.3. The van der Waals surface area contributed by atoms with E-state index in [2.05, 4.69) is 14.9 Å². The van der Waals surface area contributed by atoms with Crippen LogP contribution in [0.4, 0.5) is 0 Å². The predicted molar refractivity (Wildman–Crippen MR) is 102 cm³/mol. The summed E-state index contributed by atoms with van der Waals surface area (Å²) in [4.78, 5) is 12.0. The Morgan fingerprint density at radius 2 is 1.85 bits per heavy atom. The van der Waals surface area contributed by atoms with Gasteiger partial charge in [-0.1, -0.05) is 23.7 Å². The third kappa shape index (κ3) is 4.26. The van der Waals surface area contributed by atoms with E-state index < -0.39 is 10.0 Å². The molecule has 0 aliphatic heterocycles. The number of hydrogen-bond donors (Lipinski definition) is 1. The number of sulfonamides is 1. The van der Waals surface area contributed by atoms with Crippen molar-refractivity contribution in [2.24, 2.45) is 0 Å². The Bertz CT molecular complexity index is 1140. The normalized spacial score (nSPS) is 11.7. The van der Waals surface area contributed by atoms with Crippen molar-refractivity contribution < 1.29 is 8.42 Å². The lowest BCUT2D eigenvalue weighted by Gasteiger charge is -2.10. The van der Waals surface area contributed by atoms with Gasteiger partial charge in [0.2, 0.25) is 10.0 Å². The van der Waals surface area contributed by atoms with Gasteiger partial charge in [0.15, 0.2) is 5.82 Å². The van der Waals surface area contributed by atoms with E-state index in [9.17, 15) is 13.2 Å². The number of nitrogens with one attached hydrogen (secondary N) is 1. The number of nitrogens with zero attached hydrogens (tertiary/aromatic N) is 4. The van der Waals surface area contributed by atoms with Gasteiger partial charge in [-0.05, 0) is 38.1 Å². The molecule has 8 nitrogen and oxygen atoms in total. The van der Waals surface area contributed by atoms with E-state index >= 15 is 0 Å². The van der Waals surface area contributed by atoms with Gasteiger partial charge in [0.1, 0.15) is 4.90 Å². The largest absolute Gasteiger partial charge is 0.268 e. The Balaban J connectivity index is 1.77. The Labute approximate surface area is 161 Å². The second-order valence-corrected chi connectivity index (χ2v) is 8.06. The molecule has 0 saturated heterocycles. The first-order valence-corrected chi connectivity index (χ1v) is 10.00. The first-order chi connectivity index (χ1) is 12.8. The first-order valence-electron chi connectivity index (χ1n) is 8.14. The zero-order valence-corrected chi connectivity index (χ0v) is 16.3. The van der Waals surface area contributed by atoms with Crippen molar-refractivity contribution in [2.45, 2.75) is 25.3 Å². The van der Waals surface area contributed by atoms with Gasteiger partial charge in [-0.3, -0.25) is 4.79 Å². The number of hydrogen-bond acceptors (Lipinski definition) is 5. The van der Waals surface area contributed by atoms with Gasteiger partial charge in [0.25, 0.3) is 5.56 Å². The van der Waals surface area contributed by atoms with E-state index in [0.717, 1.165) is 11.4 Å². The molecule has 1 N–H and O–H groups in total. The zero-order valence-electron chi connectivity index (χ0n) is 14.8. The highest BCUT2D eigenvalue weighted by molar-refractivity contribution is 7.89.